The Morgan fingerprint density at radius 1 is 1.56 bits per heavy atom. The average molecular weight is 225 g/mol. The molecule has 2 atom stereocenters. The van der Waals surface area contributed by atoms with E-state index in [0.717, 1.165) is 25.8 Å². The van der Waals surface area contributed by atoms with Gasteiger partial charge in [-0.2, -0.15) is 0 Å². The summed E-state index contributed by atoms with van der Waals surface area (Å²) in [6.45, 7) is 4.41. The standard InChI is InChI=1S/C11H19N3O2/c1-8-3-4-14(7-15)10(5-8)6-11(13)16-9(2)12/h7-8,10,12-13H,3-6H2,1-2H3. The molecule has 2 N–H and O–H groups in total. The van der Waals surface area contributed by atoms with Gasteiger partial charge in [0.2, 0.25) is 6.41 Å². The third kappa shape index (κ3) is 3.64. The summed E-state index contributed by atoms with van der Waals surface area (Å²) >= 11 is 0. The summed E-state index contributed by atoms with van der Waals surface area (Å²) in [5.74, 6) is 0.667. The molecule has 16 heavy (non-hydrogen) atoms. The van der Waals surface area contributed by atoms with Crippen LogP contribution in [0.15, 0.2) is 0 Å². The van der Waals surface area contributed by atoms with Crippen molar-refractivity contribution in [2.24, 2.45) is 5.92 Å². The zero-order valence-corrected chi connectivity index (χ0v) is 9.82. The van der Waals surface area contributed by atoms with Gasteiger partial charge < -0.3 is 9.64 Å². The fourth-order valence-corrected chi connectivity index (χ4v) is 2.05. The molecule has 0 aromatic heterocycles. The molecular weight excluding hydrogens is 206 g/mol. The van der Waals surface area contributed by atoms with E-state index < -0.39 is 0 Å². The molecule has 0 aromatic carbocycles. The highest BCUT2D eigenvalue weighted by atomic mass is 16.5. The number of hydrogen-bond acceptors (Lipinski definition) is 4. The minimum atomic E-state index is 0.0199. The smallest absolute Gasteiger partial charge is 0.209 e. The SMILES string of the molecule is CC(=N)OC(=N)CC1CC(C)CCN1C=O. The van der Waals surface area contributed by atoms with Gasteiger partial charge in [0.25, 0.3) is 0 Å². The van der Waals surface area contributed by atoms with Crippen molar-refractivity contribution in [3.05, 3.63) is 0 Å². The van der Waals surface area contributed by atoms with Crippen molar-refractivity contribution in [3.63, 3.8) is 0 Å². The van der Waals surface area contributed by atoms with E-state index in [2.05, 4.69) is 6.92 Å². The first-order valence-electron chi connectivity index (χ1n) is 5.54. The fourth-order valence-electron chi connectivity index (χ4n) is 2.05. The first-order chi connectivity index (χ1) is 7.52. The van der Waals surface area contributed by atoms with Crippen molar-refractivity contribution in [1.82, 2.24) is 4.90 Å². The maximum absolute atomic E-state index is 10.9. The third-order valence-corrected chi connectivity index (χ3v) is 2.86. The van der Waals surface area contributed by atoms with Gasteiger partial charge in [0.05, 0.1) is 0 Å². The van der Waals surface area contributed by atoms with Gasteiger partial charge >= 0.3 is 0 Å². The van der Waals surface area contributed by atoms with Gasteiger partial charge in [-0.05, 0) is 18.8 Å². The molecule has 1 fully saturated rings. The van der Waals surface area contributed by atoms with Crippen LogP contribution in [0.5, 0.6) is 0 Å². The van der Waals surface area contributed by atoms with E-state index in [1.807, 2.05) is 0 Å². The molecule has 0 spiro atoms. The topological polar surface area (TPSA) is 77.2 Å². The van der Waals surface area contributed by atoms with Crippen molar-refractivity contribution in [2.75, 3.05) is 6.54 Å². The predicted octanol–water partition coefficient (Wildman–Crippen LogP) is 1.62. The summed E-state index contributed by atoms with van der Waals surface area (Å²) in [5.41, 5.74) is 0. The lowest BCUT2D eigenvalue weighted by atomic mass is 9.91. The fraction of sp³-hybridized carbons (Fsp3) is 0.727. The molecule has 90 valence electrons. The Morgan fingerprint density at radius 2 is 2.25 bits per heavy atom. The summed E-state index contributed by atoms with van der Waals surface area (Å²) < 4.78 is 4.91. The van der Waals surface area contributed by atoms with Crippen LogP contribution < -0.4 is 0 Å². The van der Waals surface area contributed by atoms with Crippen LogP contribution >= 0.6 is 0 Å². The lowest BCUT2D eigenvalue weighted by Crippen LogP contribution is -2.42. The van der Waals surface area contributed by atoms with Crippen LogP contribution in [0, 0.1) is 16.7 Å². The number of carbonyl (C=O) groups excluding carboxylic acids is 1. The second-order valence-electron chi connectivity index (χ2n) is 4.41. The van der Waals surface area contributed by atoms with E-state index in [1.165, 1.54) is 6.92 Å². The number of rotatable bonds is 3. The molecule has 1 aliphatic rings. The van der Waals surface area contributed by atoms with Crippen LogP contribution in [0.2, 0.25) is 0 Å². The normalized spacial score (nSPS) is 25.0. The highest BCUT2D eigenvalue weighted by Crippen LogP contribution is 2.23. The molecule has 5 nitrogen and oxygen atoms in total. The van der Waals surface area contributed by atoms with Crippen LogP contribution in [0.1, 0.15) is 33.1 Å². The Morgan fingerprint density at radius 3 is 2.81 bits per heavy atom. The predicted molar refractivity (Wildman–Crippen MR) is 61.8 cm³/mol. The van der Waals surface area contributed by atoms with Gasteiger partial charge in [0.15, 0.2) is 11.8 Å². The quantitative estimate of drug-likeness (QED) is 0.435. The number of nitrogens with one attached hydrogen (secondary N) is 2. The maximum atomic E-state index is 10.9. The monoisotopic (exact) mass is 225 g/mol. The van der Waals surface area contributed by atoms with Gasteiger partial charge in [0, 0.05) is 25.9 Å². The molecule has 2 unspecified atom stereocenters. The zero-order chi connectivity index (χ0) is 12.1. The molecule has 1 rings (SSSR count). The third-order valence-electron chi connectivity index (χ3n) is 2.86. The van der Waals surface area contributed by atoms with Crippen molar-refractivity contribution < 1.29 is 9.53 Å². The maximum Gasteiger partial charge on any atom is 0.209 e. The van der Waals surface area contributed by atoms with E-state index >= 15 is 0 Å². The molecule has 1 aliphatic heterocycles. The van der Waals surface area contributed by atoms with Gasteiger partial charge in [-0.1, -0.05) is 6.92 Å². The molecule has 0 radical (unpaired) electrons. The second-order valence-corrected chi connectivity index (χ2v) is 4.41. The van der Waals surface area contributed by atoms with Crippen molar-refractivity contribution in [1.29, 1.82) is 10.8 Å². The minimum absolute atomic E-state index is 0.0199. The number of amides is 1. The molecule has 0 aromatic rings. The molecule has 0 saturated carbocycles. The lowest BCUT2D eigenvalue weighted by Gasteiger charge is -2.35. The number of ether oxygens (including phenoxy) is 1. The van der Waals surface area contributed by atoms with Gasteiger partial charge in [0.1, 0.15) is 0 Å². The summed E-state index contributed by atoms with van der Waals surface area (Å²) in [7, 11) is 0. The molecular formula is C11H19N3O2. The summed E-state index contributed by atoms with van der Waals surface area (Å²) in [6.07, 6.45) is 3.18. The van der Waals surface area contributed by atoms with Crippen molar-refractivity contribution in [3.8, 4) is 0 Å². The largest absolute Gasteiger partial charge is 0.430 e. The van der Waals surface area contributed by atoms with Crippen LogP contribution in [-0.2, 0) is 9.53 Å². The van der Waals surface area contributed by atoms with E-state index in [-0.39, 0.29) is 17.8 Å². The molecule has 1 amide bonds. The number of nitrogens with zero attached hydrogens (tertiary/aromatic N) is 1. The number of piperidine rings is 1. The van der Waals surface area contributed by atoms with Crippen LogP contribution in [0.3, 0.4) is 0 Å². The van der Waals surface area contributed by atoms with E-state index in [0.29, 0.717) is 12.3 Å². The molecule has 1 heterocycles. The molecule has 1 saturated heterocycles. The first kappa shape index (κ1) is 12.7. The Kier molecular flexibility index (Phi) is 4.46. The average Bonchev–Trinajstić information content (AvgIpc) is 2.16. The van der Waals surface area contributed by atoms with Gasteiger partial charge in [-0.3, -0.25) is 15.6 Å². The number of hydrogen-bond donors (Lipinski definition) is 2. The second kappa shape index (κ2) is 5.63. The Labute approximate surface area is 95.8 Å². The Hall–Kier alpha value is -1.39. The Bertz CT molecular complexity index is 291. The summed E-state index contributed by atoms with van der Waals surface area (Å²) in [4.78, 5) is 12.6. The van der Waals surface area contributed by atoms with Crippen molar-refractivity contribution in [2.45, 2.75) is 39.2 Å². The zero-order valence-electron chi connectivity index (χ0n) is 9.82. The van der Waals surface area contributed by atoms with E-state index in [1.54, 1.807) is 4.90 Å². The van der Waals surface area contributed by atoms with Crippen LogP contribution in [-0.4, -0.2) is 35.7 Å². The number of likely N-dealkylation sites (tertiary alicyclic amines) is 1. The van der Waals surface area contributed by atoms with E-state index in [4.69, 9.17) is 15.6 Å². The van der Waals surface area contributed by atoms with Crippen LogP contribution in [0.25, 0.3) is 0 Å². The van der Waals surface area contributed by atoms with Crippen LogP contribution in [0.4, 0.5) is 0 Å². The lowest BCUT2D eigenvalue weighted by molar-refractivity contribution is -0.121. The van der Waals surface area contributed by atoms with Gasteiger partial charge in [-0.25, -0.2) is 0 Å². The first-order valence-corrected chi connectivity index (χ1v) is 5.54. The molecule has 5 heteroatoms. The summed E-state index contributed by atoms with van der Waals surface area (Å²) in [5, 5.41) is 14.7. The number of carbonyl (C=O) groups is 1. The van der Waals surface area contributed by atoms with E-state index in [9.17, 15) is 4.79 Å². The highest BCUT2D eigenvalue weighted by Gasteiger charge is 2.26. The molecule has 0 aliphatic carbocycles. The van der Waals surface area contributed by atoms with Gasteiger partial charge in [-0.15, -0.1) is 0 Å². The highest BCUT2D eigenvalue weighted by molar-refractivity contribution is 5.87. The van der Waals surface area contributed by atoms with Crippen molar-refractivity contribution >= 4 is 18.2 Å². The Balaban J connectivity index is 2.51. The minimum Gasteiger partial charge on any atom is -0.430 e. The molecule has 0 bridgehead atoms. The summed E-state index contributed by atoms with van der Waals surface area (Å²) in [6, 6.07) is 0.0492.